The average Bonchev–Trinajstić information content (AvgIpc) is 3.01. The Balaban J connectivity index is 1.50. The number of carboxylic acids is 1. The van der Waals surface area contributed by atoms with Gasteiger partial charge in [0.2, 0.25) is 0 Å². The molecule has 1 amide bonds. The van der Waals surface area contributed by atoms with Gasteiger partial charge in [0, 0.05) is 23.1 Å². The Morgan fingerprint density at radius 2 is 2.00 bits per heavy atom. The van der Waals surface area contributed by atoms with Gasteiger partial charge in [-0.25, -0.2) is 0 Å². The molecule has 2 heterocycles. The quantitative estimate of drug-likeness (QED) is 0.872. The van der Waals surface area contributed by atoms with E-state index in [0.29, 0.717) is 18.7 Å². The summed E-state index contributed by atoms with van der Waals surface area (Å²) in [6, 6.07) is 5.70. The maximum Gasteiger partial charge on any atom is 0.307 e. The highest BCUT2D eigenvalue weighted by Gasteiger charge is 2.60. The second kappa shape index (κ2) is 4.84. The SMILES string of the molecule is O=C(O)C1[C@H]2CN(C(=O)C3=Cc4cc(Br)ccc4OC3)C[C@@H]12. The standard InChI is InChI=1S/C16H14BrNO4/c17-10-1-2-13-8(4-10)3-9(7-22-13)15(19)18-5-11-12(6-18)14(11)16(20)21/h1-4,11-12,14H,5-7H2,(H,20,21)/t11-,12+,14?. The summed E-state index contributed by atoms with van der Waals surface area (Å²) < 4.78 is 6.58. The Morgan fingerprint density at radius 3 is 2.68 bits per heavy atom. The fraction of sp³-hybridized carbons (Fsp3) is 0.375. The Bertz CT molecular complexity index is 702. The van der Waals surface area contributed by atoms with Crippen molar-refractivity contribution in [2.24, 2.45) is 17.8 Å². The van der Waals surface area contributed by atoms with Crippen molar-refractivity contribution < 1.29 is 19.4 Å². The van der Waals surface area contributed by atoms with Crippen LogP contribution in [0.25, 0.3) is 6.08 Å². The van der Waals surface area contributed by atoms with E-state index >= 15 is 0 Å². The van der Waals surface area contributed by atoms with Gasteiger partial charge in [0.15, 0.2) is 0 Å². The summed E-state index contributed by atoms with van der Waals surface area (Å²) in [5, 5.41) is 9.03. The number of likely N-dealkylation sites (tertiary alicyclic amines) is 1. The van der Waals surface area contributed by atoms with Crippen molar-refractivity contribution in [3.8, 4) is 5.75 Å². The molecular weight excluding hydrogens is 350 g/mol. The summed E-state index contributed by atoms with van der Waals surface area (Å²) in [4.78, 5) is 25.3. The normalized spacial score (nSPS) is 28.3. The third-order valence-electron chi connectivity index (χ3n) is 4.73. The maximum absolute atomic E-state index is 12.6. The van der Waals surface area contributed by atoms with Crippen LogP contribution in [0.15, 0.2) is 28.2 Å². The monoisotopic (exact) mass is 363 g/mol. The van der Waals surface area contributed by atoms with Gasteiger partial charge in [0.25, 0.3) is 5.91 Å². The first-order chi connectivity index (χ1) is 10.5. The zero-order valence-corrected chi connectivity index (χ0v) is 13.2. The molecule has 4 rings (SSSR count). The molecule has 1 saturated heterocycles. The van der Waals surface area contributed by atoms with Crippen LogP contribution in [0.2, 0.25) is 0 Å². The minimum atomic E-state index is -0.735. The molecule has 5 nitrogen and oxygen atoms in total. The van der Waals surface area contributed by atoms with Gasteiger partial charge in [-0.3, -0.25) is 9.59 Å². The number of hydrogen-bond acceptors (Lipinski definition) is 3. The number of fused-ring (bicyclic) bond motifs is 2. The lowest BCUT2D eigenvalue weighted by Gasteiger charge is -2.23. The van der Waals surface area contributed by atoms with Crippen molar-refractivity contribution in [3.63, 3.8) is 0 Å². The van der Waals surface area contributed by atoms with Crippen molar-refractivity contribution in [3.05, 3.63) is 33.8 Å². The molecule has 1 unspecified atom stereocenters. The molecule has 1 aromatic rings. The van der Waals surface area contributed by atoms with Gasteiger partial charge in [-0.05, 0) is 36.1 Å². The highest BCUT2D eigenvalue weighted by Crippen LogP contribution is 2.52. The molecule has 0 spiro atoms. The summed E-state index contributed by atoms with van der Waals surface area (Å²) in [6.07, 6.45) is 1.87. The van der Waals surface area contributed by atoms with Crippen molar-refractivity contribution in [1.82, 2.24) is 4.90 Å². The fourth-order valence-corrected chi connectivity index (χ4v) is 3.91. The molecule has 1 saturated carbocycles. The summed E-state index contributed by atoms with van der Waals surface area (Å²) >= 11 is 3.41. The molecule has 0 aromatic heterocycles. The van der Waals surface area contributed by atoms with Crippen molar-refractivity contribution in [1.29, 1.82) is 0 Å². The lowest BCUT2D eigenvalue weighted by Crippen LogP contribution is -2.35. The molecule has 0 radical (unpaired) electrons. The number of aliphatic carboxylic acids is 1. The molecule has 22 heavy (non-hydrogen) atoms. The van der Waals surface area contributed by atoms with Crippen LogP contribution in [-0.4, -0.2) is 41.6 Å². The van der Waals surface area contributed by atoms with Crippen LogP contribution in [0.5, 0.6) is 5.75 Å². The van der Waals surface area contributed by atoms with Crippen molar-refractivity contribution in [2.45, 2.75) is 0 Å². The number of halogens is 1. The molecule has 114 valence electrons. The molecule has 1 aromatic carbocycles. The van der Waals surface area contributed by atoms with Crippen molar-refractivity contribution in [2.75, 3.05) is 19.7 Å². The predicted molar refractivity (Wildman–Crippen MR) is 82.3 cm³/mol. The zero-order valence-electron chi connectivity index (χ0n) is 11.7. The van der Waals surface area contributed by atoms with Gasteiger partial charge >= 0.3 is 5.97 Å². The van der Waals surface area contributed by atoms with Crippen LogP contribution in [-0.2, 0) is 9.59 Å². The Kier molecular flexibility index (Phi) is 3.04. The first kappa shape index (κ1) is 13.8. The third kappa shape index (κ3) is 2.13. The Labute approximate surface area is 135 Å². The van der Waals surface area contributed by atoms with E-state index in [2.05, 4.69) is 15.9 Å². The van der Waals surface area contributed by atoms with Gasteiger partial charge < -0.3 is 14.7 Å². The number of carbonyl (C=O) groups is 2. The summed E-state index contributed by atoms with van der Waals surface area (Å²) in [6.45, 7) is 1.36. The number of amides is 1. The van der Waals surface area contributed by atoms with Crippen LogP contribution in [0.1, 0.15) is 5.56 Å². The Morgan fingerprint density at radius 1 is 1.27 bits per heavy atom. The van der Waals surface area contributed by atoms with E-state index in [9.17, 15) is 9.59 Å². The number of rotatable bonds is 2. The average molecular weight is 364 g/mol. The summed E-state index contributed by atoms with van der Waals surface area (Å²) in [5.41, 5.74) is 1.51. The lowest BCUT2D eigenvalue weighted by atomic mass is 10.1. The molecular formula is C16H14BrNO4. The number of ether oxygens (including phenoxy) is 1. The minimum absolute atomic E-state index is 0.0398. The van der Waals surface area contributed by atoms with Gasteiger partial charge in [-0.15, -0.1) is 0 Å². The Hall–Kier alpha value is -1.82. The molecule has 3 atom stereocenters. The topological polar surface area (TPSA) is 66.8 Å². The molecule has 2 fully saturated rings. The maximum atomic E-state index is 12.6. The van der Waals surface area contributed by atoms with Crippen LogP contribution in [0.3, 0.4) is 0 Å². The lowest BCUT2D eigenvalue weighted by molar-refractivity contribution is -0.140. The molecule has 0 bridgehead atoms. The highest BCUT2D eigenvalue weighted by atomic mass is 79.9. The first-order valence-corrected chi connectivity index (χ1v) is 7.99. The third-order valence-corrected chi connectivity index (χ3v) is 5.22. The largest absolute Gasteiger partial charge is 0.488 e. The number of carbonyl (C=O) groups excluding carboxylic acids is 1. The summed E-state index contributed by atoms with van der Waals surface area (Å²) in [5.74, 6) is 0.0105. The van der Waals surface area contributed by atoms with E-state index in [1.54, 1.807) is 4.90 Å². The first-order valence-electron chi connectivity index (χ1n) is 7.19. The fourth-order valence-electron chi connectivity index (χ4n) is 3.53. The molecule has 2 aliphatic heterocycles. The van der Waals surface area contributed by atoms with E-state index in [4.69, 9.17) is 9.84 Å². The van der Waals surface area contributed by atoms with Gasteiger partial charge in [-0.2, -0.15) is 0 Å². The smallest absolute Gasteiger partial charge is 0.307 e. The van der Waals surface area contributed by atoms with E-state index in [1.807, 2.05) is 24.3 Å². The molecule has 1 N–H and O–H groups in total. The van der Waals surface area contributed by atoms with Crippen molar-refractivity contribution >= 4 is 33.9 Å². The van der Waals surface area contributed by atoms with Crippen LogP contribution in [0, 0.1) is 17.8 Å². The van der Waals surface area contributed by atoms with E-state index in [1.165, 1.54) is 0 Å². The van der Waals surface area contributed by atoms with Crippen LogP contribution >= 0.6 is 15.9 Å². The molecule has 1 aliphatic carbocycles. The van der Waals surface area contributed by atoms with Gasteiger partial charge in [-0.1, -0.05) is 15.9 Å². The number of piperidine rings is 1. The van der Waals surface area contributed by atoms with E-state index in [0.717, 1.165) is 15.8 Å². The zero-order chi connectivity index (χ0) is 15.4. The van der Waals surface area contributed by atoms with E-state index < -0.39 is 5.97 Å². The second-order valence-electron chi connectivity index (χ2n) is 6.04. The van der Waals surface area contributed by atoms with Gasteiger partial charge in [0.05, 0.1) is 11.5 Å². The second-order valence-corrected chi connectivity index (χ2v) is 6.96. The molecule has 6 heteroatoms. The number of nitrogens with zero attached hydrogens (tertiary/aromatic N) is 1. The van der Waals surface area contributed by atoms with Gasteiger partial charge in [0.1, 0.15) is 12.4 Å². The minimum Gasteiger partial charge on any atom is -0.488 e. The number of hydrogen-bond donors (Lipinski definition) is 1. The number of carboxylic acid groups (broad SMARTS) is 1. The highest BCUT2D eigenvalue weighted by molar-refractivity contribution is 9.10. The summed E-state index contributed by atoms with van der Waals surface area (Å²) in [7, 11) is 0. The molecule has 3 aliphatic rings. The van der Waals surface area contributed by atoms with Crippen LogP contribution < -0.4 is 4.74 Å². The van der Waals surface area contributed by atoms with E-state index in [-0.39, 0.29) is 30.3 Å². The number of benzene rings is 1. The predicted octanol–water partition coefficient (Wildman–Crippen LogP) is 2.01. The van der Waals surface area contributed by atoms with Crippen LogP contribution in [0.4, 0.5) is 0 Å².